The van der Waals surface area contributed by atoms with Crippen molar-refractivity contribution in [3.8, 4) is 0 Å². The molecular formula is C8H10O3. The molecule has 11 heavy (non-hydrogen) atoms. The molecule has 0 amide bonds. The molecule has 0 aromatic carbocycles. The van der Waals surface area contributed by atoms with Crippen LogP contribution < -0.4 is 0 Å². The van der Waals surface area contributed by atoms with Gasteiger partial charge in [0.2, 0.25) is 0 Å². The number of carbonyl (C=O) groups is 1. The summed E-state index contributed by atoms with van der Waals surface area (Å²) >= 11 is 0. The largest absolute Gasteiger partial charge is 0.469 e. The minimum atomic E-state index is -0.151. The first-order chi connectivity index (χ1) is 5.31. The van der Waals surface area contributed by atoms with Gasteiger partial charge in [-0.05, 0) is 6.42 Å². The summed E-state index contributed by atoms with van der Waals surface area (Å²) in [4.78, 5) is 11.1. The van der Waals surface area contributed by atoms with E-state index in [2.05, 4.69) is 4.74 Å². The molecular weight excluding hydrogens is 144 g/mol. The molecule has 3 atom stereocenters. The van der Waals surface area contributed by atoms with Gasteiger partial charge in [0.05, 0.1) is 25.2 Å². The summed E-state index contributed by atoms with van der Waals surface area (Å²) in [6.45, 7) is 0. The van der Waals surface area contributed by atoms with Crippen molar-refractivity contribution in [3.63, 3.8) is 0 Å². The third-order valence-corrected chi connectivity index (χ3v) is 2.23. The van der Waals surface area contributed by atoms with Crippen LogP contribution in [-0.2, 0) is 14.3 Å². The number of hydrogen-bond acceptors (Lipinski definition) is 3. The van der Waals surface area contributed by atoms with Crippen molar-refractivity contribution in [1.29, 1.82) is 0 Å². The van der Waals surface area contributed by atoms with E-state index in [0.717, 1.165) is 6.42 Å². The molecule has 2 bridgehead atoms. The number of rotatable bonds is 1. The van der Waals surface area contributed by atoms with Crippen molar-refractivity contribution >= 4 is 5.97 Å². The van der Waals surface area contributed by atoms with Gasteiger partial charge in [0.25, 0.3) is 0 Å². The summed E-state index contributed by atoms with van der Waals surface area (Å²) in [7, 11) is 1.41. The number of hydrogen-bond donors (Lipinski definition) is 0. The van der Waals surface area contributed by atoms with Crippen LogP contribution in [0.4, 0.5) is 0 Å². The van der Waals surface area contributed by atoms with E-state index in [-0.39, 0.29) is 24.1 Å². The molecule has 1 fully saturated rings. The Hall–Kier alpha value is -0.830. The fourth-order valence-electron chi connectivity index (χ4n) is 1.66. The van der Waals surface area contributed by atoms with Gasteiger partial charge >= 0.3 is 5.97 Å². The molecule has 3 heteroatoms. The fourth-order valence-corrected chi connectivity index (χ4v) is 1.66. The van der Waals surface area contributed by atoms with Crippen LogP contribution in [-0.4, -0.2) is 25.3 Å². The Kier molecular flexibility index (Phi) is 1.46. The average molecular weight is 154 g/mol. The minimum Gasteiger partial charge on any atom is -0.469 e. The van der Waals surface area contributed by atoms with Gasteiger partial charge in [-0.1, -0.05) is 12.2 Å². The second-order valence-corrected chi connectivity index (χ2v) is 2.89. The number of methoxy groups -OCH3 is 1. The van der Waals surface area contributed by atoms with Crippen molar-refractivity contribution < 1.29 is 14.3 Å². The maximum absolute atomic E-state index is 11.1. The van der Waals surface area contributed by atoms with Gasteiger partial charge in [0, 0.05) is 0 Å². The Morgan fingerprint density at radius 2 is 2.45 bits per heavy atom. The van der Waals surface area contributed by atoms with E-state index < -0.39 is 0 Å². The van der Waals surface area contributed by atoms with Crippen LogP contribution in [0.15, 0.2) is 12.2 Å². The number of esters is 1. The number of fused-ring (bicyclic) bond motifs is 2. The van der Waals surface area contributed by atoms with E-state index in [1.54, 1.807) is 0 Å². The Morgan fingerprint density at radius 3 is 2.91 bits per heavy atom. The lowest BCUT2D eigenvalue weighted by Crippen LogP contribution is -2.24. The Bertz CT molecular complexity index is 209. The summed E-state index contributed by atoms with van der Waals surface area (Å²) in [6.07, 6.45) is 4.87. The van der Waals surface area contributed by atoms with Gasteiger partial charge in [-0.3, -0.25) is 4.79 Å². The van der Waals surface area contributed by atoms with Crippen LogP contribution >= 0.6 is 0 Å². The number of carbonyl (C=O) groups excluding carboxylic acids is 1. The Labute approximate surface area is 65.0 Å². The molecule has 0 saturated carbocycles. The standard InChI is InChI=1S/C8H10O3/c1-10-8(9)6-4-5-2-3-7(6)11-5/h2-3,5-7H,4H2,1H3/t5-,6+,7+/m0/s1. The van der Waals surface area contributed by atoms with E-state index in [9.17, 15) is 4.79 Å². The Balaban J connectivity index is 2.08. The summed E-state index contributed by atoms with van der Waals surface area (Å²) in [5.74, 6) is -0.211. The first-order valence-electron chi connectivity index (χ1n) is 3.73. The van der Waals surface area contributed by atoms with Gasteiger partial charge in [-0.25, -0.2) is 0 Å². The molecule has 0 aromatic rings. The summed E-state index contributed by atoms with van der Waals surface area (Å²) in [6, 6.07) is 0. The van der Waals surface area contributed by atoms with Gasteiger partial charge in [-0.15, -0.1) is 0 Å². The SMILES string of the molecule is COC(=O)[C@@H]1C[C@@H]2C=C[C@H]1O2. The van der Waals surface area contributed by atoms with E-state index in [1.165, 1.54) is 7.11 Å². The lowest BCUT2D eigenvalue weighted by molar-refractivity contribution is -0.146. The summed E-state index contributed by atoms with van der Waals surface area (Å²) in [5.41, 5.74) is 0. The highest BCUT2D eigenvalue weighted by Crippen LogP contribution is 2.34. The van der Waals surface area contributed by atoms with Crippen LogP contribution in [0.25, 0.3) is 0 Å². The average Bonchev–Trinajstić information content (AvgIpc) is 2.62. The third kappa shape index (κ3) is 0.959. The van der Waals surface area contributed by atoms with Crippen molar-refractivity contribution in [1.82, 2.24) is 0 Å². The van der Waals surface area contributed by atoms with Crippen LogP contribution in [0.1, 0.15) is 6.42 Å². The lowest BCUT2D eigenvalue weighted by atomic mass is 9.95. The zero-order chi connectivity index (χ0) is 7.84. The van der Waals surface area contributed by atoms with E-state index in [0.29, 0.717) is 0 Å². The van der Waals surface area contributed by atoms with E-state index >= 15 is 0 Å². The fraction of sp³-hybridized carbons (Fsp3) is 0.625. The molecule has 60 valence electrons. The highest BCUT2D eigenvalue weighted by molar-refractivity contribution is 5.74. The molecule has 0 N–H and O–H groups in total. The highest BCUT2D eigenvalue weighted by Gasteiger charge is 2.41. The molecule has 2 rings (SSSR count). The molecule has 2 aliphatic heterocycles. The first kappa shape index (κ1) is 6.85. The van der Waals surface area contributed by atoms with Crippen LogP contribution in [0.5, 0.6) is 0 Å². The van der Waals surface area contributed by atoms with Gasteiger partial charge in [-0.2, -0.15) is 0 Å². The second kappa shape index (κ2) is 2.34. The molecule has 2 heterocycles. The topological polar surface area (TPSA) is 35.5 Å². The zero-order valence-corrected chi connectivity index (χ0v) is 6.32. The molecule has 0 spiro atoms. The van der Waals surface area contributed by atoms with Crippen molar-refractivity contribution in [2.24, 2.45) is 5.92 Å². The minimum absolute atomic E-state index is 0.0209. The van der Waals surface area contributed by atoms with Crippen LogP contribution in [0.2, 0.25) is 0 Å². The molecule has 1 saturated heterocycles. The Morgan fingerprint density at radius 1 is 1.64 bits per heavy atom. The van der Waals surface area contributed by atoms with Crippen molar-refractivity contribution in [2.45, 2.75) is 18.6 Å². The maximum Gasteiger partial charge on any atom is 0.311 e. The molecule has 0 aromatic heterocycles. The monoisotopic (exact) mass is 154 g/mol. The molecule has 0 radical (unpaired) electrons. The van der Waals surface area contributed by atoms with Gasteiger partial charge in [0.15, 0.2) is 0 Å². The van der Waals surface area contributed by atoms with E-state index in [1.807, 2.05) is 12.2 Å². The highest BCUT2D eigenvalue weighted by atomic mass is 16.5. The number of ether oxygens (including phenoxy) is 2. The van der Waals surface area contributed by atoms with Crippen LogP contribution in [0.3, 0.4) is 0 Å². The predicted molar refractivity (Wildman–Crippen MR) is 37.9 cm³/mol. The second-order valence-electron chi connectivity index (χ2n) is 2.89. The first-order valence-corrected chi connectivity index (χ1v) is 3.73. The smallest absolute Gasteiger partial charge is 0.311 e. The molecule has 0 unspecified atom stereocenters. The zero-order valence-electron chi connectivity index (χ0n) is 6.32. The molecule has 0 aliphatic carbocycles. The van der Waals surface area contributed by atoms with Crippen molar-refractivity contribution in [3.05, 3.63) is 12.2 Å². The summed E-state index contributed by atoms with van der Waals surface area (Å²) in [5, 5.41) is 0. The summed E-state index contributed by atoms with van der Waals surface area (Å²) < 4.78 is 10.0. The molecule has 3 nitrogen and oxygen atoms in total. The quantitative estimate of drug-likeness (QED) is 0.407. The normalized spacial score (nSPS) is 39.5. The van der Waals surface area contributed by atoms with E-state index in [4.69, 9.17) is 4.74 Å². The van der Waals surface area contributed by atoms with Gasteiger partial charge in [0.1, 0.15) is 0 Å². The molecule has 2 aliphatic rings. The van der Waals surface area contributed by atoms with Crippen molar-refractivity contribution in [2.75, 3.05) is 7.11 Å². The third-order valence-electron chi connectivity index (χ3n) is 2.23. The predicted octanol–water partition coefficient (Wildman–Crippen LogP) is 0.503. The van der Waals surface area contributed by atoms with Gasteiger partial charge < -0.3 is 9.47 Å². The van der Waals surface area contributed by atoms with Crippen LogP contribution in [0, 0.1) is 5.92 Å². The maximum atomic E-state index is 11.1. The lowest BCUT2D eigenvalue weighted by Gasteiger charge is -2.11.